The molecule has 2 N–H and O–H groups in total. The molecule has 1 unspecified atom stereocenters. The smallest absolute Gasteiger partial charge is 0.242 e. The zero-order chi connectivity index (χ0) is 19.1. The lowest BCUT2D eigenvalue weighted by molar-refractivity contribution is -0.123. The van der Waals surface area contributed by atoms with Gasteiger partial charge < -0.3 is 5.32 Å². The third-order valence-corrected chi connectivity index (χ3v) is 4.48. The number of benzene rings is 1. The summed E-state index contributed by atoms with van der Waals surface area (Å²) < 4.78 is 0. The van der Waals surface area contributed by atoms with Crippen molar-refractivity contribution in [1.82, 2.24) is 20.6 Å². The van der Waals surface area contributed by atoms with Gasteiger partial charge in [-0.05, 0) is 60.4 Å². The summed E-state index contributed by atoms with van der Waals surface area (Å²) in [5.41, 5.74) is 5.32. The maximum absolute atomic E-state index is 13.0. The molecule has 138 valence electrons. The van der Waals surface area contributed by atoms with E-state index in [0.29, 0.717) is 13.1 Å². The molecule has 1 aromatic carbocycles. The normalized spacial score (nSPS) is 11.8. The Morgan fingerprint density at radius 1 is 0.889 bits per heavy atom. The summed E-state index contributed by atoms with van der Waals surface area (Å²) in [6, 6.07) is 13.5. The minimum atomic E-state index is -0.431. The number of rotatable bonds is 7. The van der Waals surface area contributed by atoms with Gasteiger partial charge in [0.25, 0.3) is 0 Å². The zero-order valence-corrected chi connectivity index (χ0v) is 15.6. The molecule has 27 heavy (non-hydrogen) atoms. The van der Waals surface area contributed by atoms with E-state index in [-0.39, 0.29) is 5.91 Å². The summed E-state index contributed by atoms with van der Waals surface area (Å²) in [5.74, 6) is -0.0467. The maximum Gasteiger partial charge on any atom is 0.242 e. The van der Waals surface area contributed by atoms with E-state index >= 15 is 0 Å². The van der Waals surface area contributed by atoms with Crippen LogP contribution in [0.4, 0.5) is 0 Å². The number of hydrogen-bond acceptors (Lipinski definition) is 4. The Morgan fingerprint density at radius 2 is 1.48 bits per heavy atom. The first-order valence-corrected chi connectivity index (χ1v) is 8.99. The molecule has 3 rings (SSSR count). The van der Waals surface area contributed by atoms with Crippen molar-refractivity contribution in [3.05, 3.63) is 95.1 Å². The number of nitrogens with zero attached hydrogens (tertiary/aromatic N) is 2. The number of aromatic nitrogens is 2. The lowest BCUT2D eigenvalue weighted by Crippen LogP contribution is -2.37. The second-order valence-corrected chi connectivity index (χ2v) is 6.60. The lowest BCUT2D eigenvalue weighted by Gasteiger charge is -2.21. The fourth-order valence-electron chi connectivity index (χ4n) is 2.93. The number of hydrogen-bond donors (Lipinski definition) is 2. The number of amides is 1. The van der Waals surface area contributed by atoms with Crippen LogP contribution in [0.15, 0.2) is 67.3 Å². The van der Waals surface area contributed by atoms with Crippen LogP contribution >= 0.6 is 0 Å². The molecule has 0 aliphatic carbocycles. The minimum Gasteiger partial charge on any atom is -0.350 e. The SMILES string of the molecule is Cc1ccc(C)c(C(NCc2ccncc2)C(=O)NCc2ccncc2)c1. The van der Waals surface area contributed by atoms with Crippen LogP contribution in [0.1, 0.15) is 33.9 Å². The van der Waals surface area contributed by atoms with Crippen molar-refractivity contribution < 1.29 is 4.79 Å². The molecule has 0 fully saturated rings. The van der Waals surface area contributed by atoms with Crippen LogP contribution in [-0.4, -0.2) is 15.9 Å². The number of carbonyl (C=O) groups is 1. The van der Waals surface area contributed by atoms with Crippen molar-refractivity contribution in [2.45, 2.75) is 33.0 Å². The summed E-state index contributed by atoms with van der Waals surface area (Å²) in [4.78, 5) is 21.1. The number of pyridine rings is 2. The van der Waals surface area contributed by atoms with Gasteiger partial charge in [0.1, 0.15) is 6.04 Å². The van der Waals surface area contributed by atoms with E-state index in [1.165, 1.54) is 0 Å². The Balaban J connectivity index is 1.77. The summed E-state index contributed by atoms with van der Waals surface area (Å²) in [6.07, 6.45) is 6.97. The first-order chi connectivity index (χ1) is 13.1. The first-order valence-electron chi connectivity index (χ1n) is 8.99. The monoisotopic (exact) mass is 360 g/mol. The summed E-state index contributed by atoms with van der Waals surface area (Å²) in [7, 11) is 0. The second-order valence-electron chi connectivity index (χ2n) is 6.60. The first kappa shape index (κ1) is 18.7. The van der Waals surface area contributed by atoms with Crippen LogP contribution in [0.5, 0.6) is 0 Å². The standard InChI is InChI=1S/C22H24N4O/c1-16-3-4-17(2)20(13-16)21(25-14-18-5-9-23-10-6-18)22(27)26-15-19-7-11-24-12-8-19/h3-13,21,25H,14-15H2,1-2H3,(H,26,27). The van der Waals surface area contributed by atoms with E-state index in [0.717, 1.165) is 27.8 Å². The summed E-state index contributed by atoms with van der Waals surface area (Å²) in [6.45, 7) is 5.13. The predicted molar refractivity (Wildman–Crippen MR) is 106 cm³/mol. The molecule has 0 aliphatic rings. The van der Waals surface area contributed by atoms with Crippen LogP contribution in [0.3, 0.4) is 0 Å². The number of aryl methyl sites for hydroxylation is 2. The molecule has 2 heterocycles. The lowest BCUT2D eigenvalue weighted by atomic mass is 9.98. The third-order valence-electron chi connectivity index (χ3n) is 4.48. The molecule has 0 bridgehead atoms. The van der Waals surface area contributed by atoms with Gasteiger partial charge >= 0.3 is 0 Å². The van der Waals surface area contributed by atoms with Gasteiger partial charge in [0.2, 0.25) is 5.91 Å². The molecule has 5 nitrogen and oxygen atoms in total. The molecule has 0 aliphatic heterocycles. The maximum atomic E-state index is 13.0. The van der Waals surface area contributed by atoms with Gasteiger partial charge in [-0.15, -0.1) is 0 Å². The van der Waals surface area contributed by atoms with Crippen molar-refractivity contribution in [3.63, 3.8) is 0 Å². The third kappa shape index (κ3) is 5.21. The molecule has 0 saturated carbocycles. The molecular weight excluding hydrogens is 336 g/mol. The van der Waals surface area contributed by atoms with Crippen molar-refractivity contribution in [1.29, 1.82) is 0 Å². The highest BCUT2D eigenvalue weighted by Crippen LogP contribution is 2.20. The largest absolute Gasteiger partial charge is 0.350 e. The van der Waals surface area contributed by atoms with Crippen molar-refractivity contribution in [2.75, 3.05) is 0 Å². The van der Waals surface area contributed by atoms with E-state index in [9.17, 15) is 4.79 Å². The van der Waals surface area contributed by atoms with E-state index < -0.39 is 6.04 Å². The molecule has 2 aromatic heterocycles. The van der Waals surface area contributed by atoms with Crippen LogP contribution in [-0.2, 0) is 17.9 Å². The second kappa shape index (κ2) is 9.05. The van der Waals surface area contributed by atoms with Gasteiger partial charge in [-0.3, -0.25) is 20.1 Å². The Hall–Kier alpha value is -3.05. The Labute approximate surface area is 159 Å². The molecule has 0 saturated heterocycles. The van der Waals surface area contributed by atoms with Crippen molar-refractivity contribution in [3.8, 4) is 0 Å². The van der Waals surface area contributed by atoms with Crippen LogP contribution in [0, 0.1) is 13.8 Å². The van der Waals surface area contributed by atoms with Gasteiger partial charge in [-0.2, -0.15) is 0 Å². The Kier molecular flexibility index (Phi) is 6.28. The molecule has 1 atom stereocenters. The average Bonchev–Trinajstić information content (AvgIpc) is 2.70. The van der Waals surface area contributed by atoms with Crippen LogP contribution < -0.4 is 10.6 Å². The highest BCUT2D eigenvalue weighted by atomic mass is 16.2. The number of nitrogens with one attached hydrogen (secondary N) is 2. The summed E-state index contributed by atoms with van der Waals surface area (Å²) in [5, 5.41) is 6.44. The molecule has 3 aromatic rings. The van der Waals surface area contributed by atoms with Gasteiger partial charge in [-0.25, -0.2) is 0 Å². The van der Waals surface area contributed by atoms with Gasteiger partial charge in [-0.1, -0.05) is 23.8 Å². The van der Waals surface area contributed by atoms with E-state index in [1.807, 2.05) is 38.1 Å². The molecular formula is C22H24N4O. The highest BCUT2D eigenvalue weighted by Gasteiger charge is 2.22. The van der Waals surface area contributed by atoms with Crippen LogP contribution in [0.2, 0.25) is 0 Å². The fraction of sp³-hybridized carbons (Fsp3) is 0.227. The quantitative estimate of drug-likeness (QED) is 0.679. The van der Waals surface area contributed by atoms with E-state index in [2.05, 4.69) is 38.8 Å². The molecule has 0 spiro atoms. The van der Waals surface area contributed by atoms with Crippen molar-refractivity contribution >= 4 is 5.91 Å². The Bertz CT molecular complexity index is 881. The van der Waals surface area contributed by atoms with Crippen LogP contribution in [0.25, 0.3) is 0 Å². The zero-order valence-electron chi connectivity index (χ0n) is 15.6. The van der Waals surface area contributed by atoms with Crippen molar-refractivity contribution in [2.24, 2.45) is 0 Å². The van der Waals surface area contributed by atoms with E-state index in [1.54, 1.807) is 24.8 Å². The topological polar surface area (TPSA) is 66.9 Å². The van der Waals surface area contributed by atoms with Gasteiger partial charge in [0.15, 0.2) is 0 Å². The molecule has 5 heteroatoms. The van der Waals surface area contributed by atoms with Gasteiger partial charge in [0.05, 0.1) is 0 Å². The average molecular weight is 360 g/mol. The predicted octanol–water partition coefficient (Wildman–Crippen LogP) is 3.24. The summed E-state index contributed by atoms with van der Waals surface area (Å²) >= 11 is 0. The fourth-order valence-corrected chi connectivity index (χ4v) is 2.93. The number of carbonyl (C=O) groups excluding carboxylic acids is 1. The molecule has 1 amide bonds. The Morgan fingerprint density at radius 3 is 2.11 bits per heavy atom. The van der Waals surface area contributed by atoms with Gasteiger partial charge in [0, 0.05) is 37.9 Å². The molecule has 0 radical (unpaired) electrons. The van der Waals surface area contributed by atoms with E-state index in [4.69, 9.17) is 0 Å². The highest BCUT2D eigenvalue weighted by molar-refractivity contribution is 5.83. The minimum absolute atomic E-state index is 0.0467.